The van der Waals surface area contributed by atoms with Gasteiger partial charge in [0.15, 0.2) is 0 Å². The molecule has 96 valence electrons. The summed E-state index contributed by atoms with van der Waals surface area (Å²) in [4.78, 5) is 2.42. The van der Waals surface area contributed by atoms with Crippen LogP contribution in [0.1, 0.15) is 25.0 Å². The maximum absolute atomic E-state index is 3.59. The predicted molar refractivity (Wildman–Crippen MR) is 79.9 cm³/mol. The Hall–Kier alpha value is -0.540. The Morgan fingerprint density at radius 1 is 1.12 bits per heavy atom. The molecule has 1 rings (SSSR count). The van der Waals surface area contributed by atoms with Gasteiger partial charge in [-0.1, -0.05) is 29.8 Å². The van der Waals surface area contributed by atoms with Gasteiger partial charge in [-0.05, 0) is 50.2 Å². The van der Waals surface area contributed by atoms with E-state index >= 15 is 0 Å². The minimum Gasteiger partial charge on any atom is -0.384 e. The molecule has 0 radical (unpaired) electrons. The molecule has 0 aliphatic heterocycles. The van der Waals surface area contributed by atoms with E-state index in [0.29, 0.717) is 0 Å². The molecule has 0 amide bonds. The van der Waals surface area contributed by atoms with Crippen LogP contribution in [-0.2, 0) is 0 Å². The molecule has 0 unspecified atom stereocenters. The van der Waals surface area contributed by atoms with E-state index in [4.69, 9.17) is 0 Å². The van der Waals surface area contributed by atoms with E-state index in [2.05, 4.69) is 66.0 Å². The van der Waals surface area contributed by atoms with Crippen molar-refractivity contribution in [2.24, 2.45) is 0 Å². The average Bonchev–Trinajstić information content (AvgIpc) is 2.31. The summed E-state index contributed by atoms with van der Waals surface area (Å²) in [6, 6.07) is 4.39. The first-order valence-electron chi connectivity index (χ1n) is 6.31. The van der Waals surface area contributed by atoms with Crippen molar-refractivity contribution in [2.75, 3.05) is 31.5 Å². The number of hydrogen-bond acceptors (Lipinski definition) is 2. The summed E-state index contributed by atoms with van der Waals surface area (Å²) < 4.78 is 1.21. The normalized spacial score (nSPS) is 10.9. The molecule has 0 spiro atoms. The Morgan fingerprint density at radius 2 is 1.65 bits per heavy atom. The van der Waals surface area contributed by atoms with Gasteiger partial charge >= 0.3 is 0 Å². The maximum atomic E-state index is 3.59. The van der Waals surface area contributed by atoms with Crippen molar-refractivity contribution in [3.63, 3.8) is 0 Å². The molecule has 1 N–H and O–H groups in total. The Morgan fingerprint density at radius 3 is 2.12 bits per heavy atom. The molecule has 0 aliphatic rings. The van der Waals surface area contributed by atoms with Gasteiger partial charge in [-0.15, -0.1) is 0 Å². The number of rotatable bonds is 6. The molecule has 0 saturated carbocycles. The second-order valence-corrected chi connectivity index (χ2v) is 5.17. The van der Waals surface area contributed by atoms with E-state index in [1.807, 2.05) is 0 Å². The fourth-order valence-corrected chi connectivity index (χ4v) is 2.18. The average molecular weight is 299 g/mol. The van der Waals surface area contributed by atoms with Crippen molar-refractivity contribution in [1.82, 2.24) is 4.90 Å². The van der Waals surface area contributed by atoms with Gasteiger partial charge < -0.3 is 10.2 Å². The smallest absolute Gasteiger partial charge is 0.0346 e. The predicted octanol–water partition coefficient (Wildman–Crippen LogP) is 3.82. The third-order valence-electron chi connectivity index (χ3n) is 3.09. The first-order chi connectivity index (χ1) is 8.08. The highest BCUT2D eigenvalue weighted by Crippen LogP contribution is 2.24. The van der Waals surface area contributed by atoms with Crippen molar-refractivity contribution < 1.29 is 0 Å². The highest BCUT2D eigenvalue weighted by molar-refractivity contribution is 9.10. The zero-order valence-electron chi connectivity index (χ0n) is 11.3. The van der Waals surface area contributed by atoms with Crippen LogP contribution in [0.2, 0.25) is 0 Å². The lowest BCUT2D eigenvalue weighted by atomic mass is 10.1. The molecule has 0 aromatic heterocycles. The van der Waals surface area contributed by atoms with Crippen molar-refractivity contribution in [2.45, 2.75) is 27.7 Å². The van der Waals surface area contributed by atoms with Crippen LogP contribution < -0.4 is 5.32 Å². The van der Waals surface area contributed by atoms with Crippen LogP contribution >= 0.6 is 15.9 Å². The highest BCUT2D eigenvalue weighted by atomic mass is 79.9. The molecule has 3 heteroatoms. The lowest BCUT2D eigenvalue weighted by Gasteiger charge is -2.19. The molecule has 0 bridgehead atoms. The van der Waals surface area contributed by atoms with Crippen molar-refractivity contribution in [1.29, 1.82) is 0 Å². The summed E-state index contributed by atoms with van der Waals surface area (Å²) in [5, 5.41) is 3.49. The topological polar surface area (TPSA) is 15.3 Å². The zero-order chi connectivity index (χ0) is 12.8. The minimum absolute atomic E-state index is 1.00. The van der Waals surface area contributed by atoms with Crippen LogP contribution in [0.25, 0.3) is 0 Å². The van der Waals surface area contributed by atoms with Crippen LogP contribution in [0.5, 0.6) is 0 Å². The van der Waals surface area contributed by atoms with Gasteiger partial charge in [-0.25, -0.2) is 0 Å². The quantitative estimate of drug-likeness (QED) is 0.859. The van der Waals surface area contributed by atoms with Crippen LogP contribution in [0.4, 0.5) is 5.69 Å². The third kappa shape index (κ3) is 4.32. The van der Waals surface area contributed by atoms with Crippen molar-refractivity contribution >= 4 is 21.6 Å². The summed E-state index contributed by atoms with van der Waals surface area (Å²) >= 11 is 3.59. The molecular weight excluding hydrogens is 276 g/mol. The number of nitrogens with zero attached hydrogens (tertiary/aromatic N) is 1. The summed E-state index contributed by atoms with van der Waals surface area (Å²) in [6.45, 7) is 13.0. The molecule has 0 atom stereocenters. The molecular formula is C14H23BrN2. The van der Waals surface area contributed by atoms with Crippen molar-refractivity contribution in [3.8, 4) is 0 Å². The molecule has 0 saturated heterocycles. The van der Waals surface area contributed by atoms with E-state index in [1.54, 1.807) is 0 Å². The number of nitrogens with one attached hydrogen (secondary N) is 1. The van der Waals surface area contributed by atoms with Crippen LogP contribution in [0, 0.1) is 13.8 Å². The molecule has 17 heavy (non-hydrogen) atoms. The number of benzene rings is 1. The molecule has 2 nitrogen and oxygen atoms in total. The standard InChI is InChI=1S/C14H23BrN2/c1-5-17(6-2)8-7-16-13-9-11(3)14(15)12(4)10-13/h9-10,16H,5-8H2,1-4H3. The Balaban J connectivity index is 2.52. The second kappa shape index (κ2) is 7.02. The summed E-state index contributed by atoms with van der Waals surface area (Å²) in [6.07, 6.45) is 0. The molecule has 0 fully saturated rings. The van der Waals surface area contributed by atoms with Gasteiger partial charge in [0.25, 0.3) is 0 Å². The van der Waals surface area contributed by atoms with E-state index in [0.717, 1.165) is 26.2 Å². The monoisotopic (exact) mass is 298 g/mol. The Bertz CT molecular complexity index is 336. The highest BCUT2D eigenvalue weighted by Gasteiger charge is 2.02. The number of likely N-dealkylation sites (N-methyl/N-ethyl adjacent to an activating group) is 1. The van der Waals surface area contributed by atoms with Gasteiger partial charge in [0, 0.05) is 23.2 Å². The SMILES string of the molecule is CCN(CC)CCNc1cc(C)c(Br)c(C)c1. The molecule has 1 aromatic carbocycles. The van der Waals surface area contributed by atoms with Gasteiger partial charge in [-0.2, -0.15) is 0 Å². The fraction of sp³-hybridized carbons (Fsp3) is 0.571. The number of halogens is 1. The summed E-state index contributed by atoms with van der Waals surface area (Å²) in [5.74, 6) is 0. The lowest BCUT2D eigenvalue weighted by molar-refractivity contribution is 0.316. The van der Waals surface area contributed by atoms with Crippen LogP contribution in [0.3, 0.4) is 0 Å². The van der Waals surface area contributed by atoms with E-state index in [-0.39, 0.29) is 0 Å². The molecule has 0 aliphatic carbocycles. The van der Waals surface area contributed by atoms with Gasteiger partial charge in [0.2, 0.25) is 0 Å². The van der Waals surface area contributed by atoms with E-state index in [1.165, 1.54) is 21.3 Å². The number of anilines is 1. The number of aryl methyl sites for hydroxylation is 2. The van der Waals surface area contributed by atoms with E-state index in [9.17, 15) is 0 Å². The molecule has 1 aromatic rings. The summed E-state index contributed by atoms with van der Waals surface area (Å²) in [7, 11) is 0. The number of hydrogen-bond donors (Lipinski definition) is 1. The summed E-state index contributed by atoms with van der Waals surface area (Å²) in [5.41, 5.74) is 3.79. The lowest BCUT2D eigenvalue weighted by Crippen LogP contribution is -2.28. The Labute approximate surface area is 114 Å². The first-order valence-corrected chi connectivity index (χ1v) is 7.10. The Kier molecular flexibility index (Phi) is 6.00. The molecule has 0 heterocycles. The minimum atomic E-state index is 1.00. The maximum Gasteiger partial charge on any atom is 0.0346 e. The second-order valence-electron chi connectivity index (χ2n) is 4.38. The third-order valence-corrected chi connectivity index (χ3v) is 4.34. The first kappa shape index (κ1) is 14.5. The van der Waals surface area contributed by atoms with Crippen molar-refractivity contribution in [3.05, 3.63) is 27.7 Å². The van der Waals surface area contributed by atoms with E-state index < -0.39 is 0 Å². The fourth-order valence-electron chi connectivity index (χ4n) is 1.95. The van der Waals surface area contributed by atoms with Gasteiger partial charge in [-0.3, -0.25) is 0 Å². The van der Waals surface area contributed by atoms with Crippen LogP contribution in [-0.4, -0.2) is 31.1 Å². The zero-order valence-corrected chi connectivity index (χ0v) is 12.9. The van der Waals surface area contributed by atoms with Gasteiger partial charge in [0.1, 0.15) is 0 Å². The van der Waals surface area contributed by atoms with Gasteiger partial charge in [0.05, 0.1) is 0 Å². The van der Waals surface area contributed by atoms with Crippen LogP contribution in [0.15, 0.2) is 16.6 Å². The largest absolute Gasteiger partial charge is 0.384 e.